The van der Waals surface area contributed by atoms with Crippen molar-refractivity contribution in [3.8, 4) is 39.1 Å². The number of benzene rings is 9. The molecule has 0 saturated heterocycles. The Labute approximate surface area is 511 Å². The second-order valence-electron chi connectivity index (χ2n) is 21.1. The number of rotatable bonds is 13. The molecular weight excluding hydrogens is 1160 g/mol. The summed E-state index contributed by atoms with van der Waals surface area (Å²) >= 11 is 0. The smallest absolute Gasteiger partial charge is 0.406 e. The van der Waals surface area contributed by atoms with E-state index in [-0.39, 0.29) is 17.6 Å². The largest absolute Gasteiger partial charge is 0.573 e. The molecule has 2 amide bonds. The Morgan fingerprint density at radius 3 is 1.40 bits per heavy atom. The number of ether oxygens (including phenoxy) is 1. The Balaban J connectivity index is 0.000000149. The quantitative estimate of drug-likeness (QED) is 0.0623. The lowest BCUT2D eigenvalue weighted by Crippen LogP contribution is -2.16. The van der Waals surface area contributed by atoms with Crippen molar-refractivity contribution in [2.75, 3.05) is 10.6 Å². The van der Waals surface area contributed by atoms with E-state index in [2.05, 4.69) is 45.3 Å². The van der Waals surface area contributed by atoms with Crippen LogP contribution < -0.4 is 15.4 Å². The first-order valence-electron chi connectivity index (χ1n) is 27.9. The van der Waals surface area contributed by atoms with Crippen LogP contribution in [0.5, 0.6) is 5.75 Å². The normalized spacial score (nSPS) is 11.7. The van der Waals surface area contributed by atoms with Gasteiger partial charge in [0.05, 0.1) is 38.7 Å². The Kier molecular flexibility index (Phi) is 18.5. The summed E-state index contributed by atoms with van der Waals surface area (Å²) in [6.07, 6.45) is 5.54. The van der Waals surface area contributed by atoms with Gasteiger partial charge in [-0.1, -0.05) is 115 Å². The molecule has 0 spiro atoms. The van der Waals surface area contributed by atoms with Crippen molar-refractivity contribution >= 4 is 92.7 Å². The van der Waals surface area contributed by atoms with Crippen LogP contribution in [0.1, 0.15) is 67.4 Å². The molecule has 0 aliphatic heterocycles. The van der Waals surface area contributed by atoms with E-state index in [1.54, 1.807) is 50.3 Å². The number of aliphatic hydroxyl groups is 1. The van der Waals surface area contributed by atoms with Crippen molar-refractivity contribution in [1.82, 2.24) is 29.9 Å². The molecule has 12 nitrogen and oxygen atoms in total. The van der Waals surface area contributed by atoms with Crippen LogP contribution in [0, 0.1) is 23.3 Å². The molecule has 90 heavy (non-hydrogen) atoms. The minimum atomic E-state index is -4.71. The van der Waals surface area contributed by atoms with Crippen LogP contribution in [0.4, 0.5) is 42.1 Å². The van der Waals surface area contributed by atoms with E-state index >= 15 is 0 Å². The van der Waals surface area contributed by atoms with Gasteiger partial charge in [-0.05, 0) is 173 Å². The number of fused-ring (bicyclic) bond motifs is 3. The van der Waals surface area contributed by atoms with Crippen LogP contribution >= 0.6 is 0 Å². The number of anilines is 2. The van der Waals surface area contributed by atoms with Gasteiger partial charge in [-0.25, -0.2) is 32.5 Å². The van der Waals surface area contributed by atoms with Gasteiger partial charge in [0.2, 0.25) is 11.8 Å². The molecule has 19 heteroatoms. The van der Waals surface area contributed by atoms with Gasteiger partial charge in [0.25, 0.3) is 0 Å². The molecular formula is C71H55F7N8O4. The van der Waals surface area contributed by atoms with Crippen molar-refractivity contribution in [1.29, 1.82) is 0 Å². The molecule has 0 aliphatic rings. The van der Waals surface area contributed by atoms with Crippen LogP contribution in [-0.4, -0.2) is 53.2 Å². The molecule has 0 atom stereocenters. The fourth-order valence-corrected chi connectivity index (χ4v) is 9.66. The molecule has 9 aromatic carbocycles. The Morgan fingerprint density at radius 1 is 0.456 bits per heavy atom. The van der Waals surface area contributed by atoms with Gasteiger partial charge in [0.15, 0.2) is 23.3 Å². The number of hydrogen-bond donors (Lipinski definition) is 6. The van der Waals surface area contributed by atoms with Crippen molar-refractivity contribution in [3.63, 3.8) is 0 Å². The predicted octanol–water partition coefficient (Wildman–Crippen LogP) is 17.8. The van der Waals surface area contributed by atoms with Crippen LogP contribution in [0.2, 0.25) is 0 Å². The third-order valence-electron chi connectivity index (χ3n) is 13.8. The number of alkyl halides is 3. The number of aromatic nitrogens is 6. The number of hydrogen-bond acceptors (Lipinski definition) is 7. The third-order valence-corrected chi connectivity index (χ3v) is 13.8. The minimum Gasteiger partial charge on any atom is -0.406 e. The highest BCUT2D eigenvalue weighted by Crippen LogP contribution is 2.34. The molecule has 452 valence electrons. The van der Waals surface area contributed by atoms with Gasteiger partial charge >= 0.3 is 6.36 Å². The zero-order valence-electron chi connectivity index (χ0n) is 48.5. The van der Waals surface area contributed by atoms with Crippen molar-refractivity contribution in [2.24, 2.45) is 0 Å². The molecule has 0 aliphatic carbocycles. The van der Waals surface area contributed by atoms with Crippen molar-refractivity contribution in [3.05, 3.63) is 251 Å². The number of halogens is 7. The maximum atomic E-state index is 13.3. The standard InChI is InChI=1S/C25H21F3N2O2.2C23H17F2N3O/c1-24(2,31)20-6-4-3-5-19(20)17-10-13-21-22(15-17)30-23(29-21)14-9-16-7-11-18(12-8-16)32-25(26,27)28;1-14(29)26-18-4-2-3-16(12-18)17-7-9-21-22(13-17)28-23(27-21)10-6-15-5-8-19(24)20(25)11-15;1-14(29)26-20-5-3-2-4-17(20)16-8-10-21-22(13-16)28-23(27-21)11-7-15-6-9-18(24)19(25)12-15/h3-15,31H,1-2H3,(H,29,30);2*2-13H,1H3,(H,26,29)(H,27,28)/b14-9+;10-6+;11-7+. The zero-order valence-corrected chi connectivity index (χ0v) is 48.5. The van der Waals surface area contributed by atoms with Gasteiger partial charge in [-0.3, -0.25) is 9.59 Å². The number of H-pyrrole nitrogens is 3. The average Bonchev–Trinajstić information content (AvgIpc) is 1.53. The van der Waals surface area contributed by atoms with E-state index in [1.165, 1.54) is 50.2 Å². The number of nitrogens with zero attached hydrogens (tertiary/aromatic N) is 3. The molecule has 0 fully saturated rings. The highest BCUT2D eigenvalue weighted by molar-refractivity contribution is 5.96. The van der Waals surface area contributed by atoms with Gasteiger partial charge in [0.1, 0.15) is 23.2 Å². The van der Waals surface area contributed by atoms with E-state index in [1.807, 2.05) is 127 Å². The maximum Gasteiger partial charge on any atom is 0.573 e. The Hall–Kier alpha value is -11.2. The van der Waals surface area contributed by atoms with Gasteiger partial charge in [-0.2, -0.15) is 0 Å². The SMILES string of the molecule is CC(=O)Nc1cccc(-c2ccc3nc(/C=C/c4ccc(F)c(F)c4)[nH]c3c2)c1.CC(=O)Nc1ccccc1-c1ccc2nc(/C=C/c3ccc(F)c(F)c3)[nH]c2c1.CC(C)(O)c1ccccc1-c1ccc2nc(/C=C/c3ccc(OC(F)(F)F)cc3)[nH]c2c1. The molecule has 6 N–H and O–H groups in total. The van der Waals surface area contributed by atoms with Gasteiger partial charge in [-0.15, -0.1) is 13.2 Å². The van der Waals surface area contributed by atoms with E-state index < -0.39 is 35.2 Å². The molecule has 3 aromatic heterocycles. The van der Waals surface area contributed by atoms with E-state index in [4.69, 9.17) is 0 Å². The van der Waals surface area contributed by atoms with Crippen molar-refractivity contribution in [2.45, 2.75) is 39.7 Å². The first kappa shape index (κ1) is 61.9. The summed E-state index contributed by atoms with van der Waals surface area (Å²) in [6.45, 7) is 6.45. The summed E-state index contributed by atoms with van der Waals surface area (Å²) in [5, 5.41) is 16.1. The predicted molar refractivity (Wildman–Crippen MR) is 341 cm³/mol. The average molecular weight is 1220 g/mol. The molecule has 0 saturated carbocycles. The number of amides is 2. The maximum absolute atomic E-state index is 13.3. The lowest BCUT2D eigenvalue weighted by atomic mass is 9.89. The van der Waals surface area contributed by atoms with Gasteiger partial charge in [0, 0.05) is 30.8 Å². The van der Waals surface area contributed by atoms with Crippen LogP contribution in [0.15, 0.2) is 188 Å². The Bertz CT molecular complexity index is 4690. The number of para-hydroxylation sites is 1. The fraction of sp³-hybridized carbons (Fsp3) is 0.0845. The second-order valence-corrected chi connectivity index (χ2v) is 21.1. The summed E-state index contributed by atoms with van der Waals surface area (Å²) in [5.74, 6) is -2.24. The summed E-state index contributed by atoms with van der Waals surface area (Å²) in [4.78, 5) is 45.9. The van der Waals surface area contributed by atoms with E-state index in [9.17, 15) is 45.4 Å². The number of aromatic amines is 3. The monoisotopic (exact) mass is 1220 g/mol. The molecule has 3 heterocycles. The first-order chi connectivity index (χ1) is 43.0. The summed E-state index contributed by atoms with van der Waals surface area (Å²) in [5.41, 5.74) is 13.6. The summed E-state index contributed by atoms with van der Waals surface area (Å²) in [7, 11) is 0. The fourth-order valence-electron chi connectivity index (χ4n) is 9.66. The number of nitrogens with one attached hydrogen (secondary N) is 5. The summed E-state index contributed by atoms with van der Waals surface area (Å²) < 4.78 is 93.4. The van der Waals surface area contributed by atoms with Crippen LogP contribution in [-0.2, 0) is 15.2 Å². The third kappa shape index (κ3) is 16.1. The number of carbonyl (C=O) groups excluding carboxylic acids is 2. The number of imidazole rings is 3. The number of carbonyl (C=O) groups is 2. The Morgan fingerprint density at radius 2 is 0.900 bits per heavy atom. The van der Waals surface area contributed by atoms with Crippen LogP contribution in [0.3, 0.4) is 0 Å². The highest BCUT2D eigenvalue weighted by atomic mass is 19.4. The second kappa shape index (κ2) is 26.8. The lowest BCUT2D eigenvalue weighted by molar-refractivity contribution is -0.274. The van der Waals surface area contributed by atoms with Crippen LogP contribution in [0.25, 0.3) is 103 Å². The zero-order chi connectivity index (χ0) is 63.7. The molecule has 0 radical (unpaired) electrons. The molecule has 12 aromatic rings. The van der Waals surface area contributed by atoms with Crippen molar-refractivity contribution < 1.29 is 50.2 Å². The highest BCUT2D eigenvalue weighted by Gasteiger charge is 2.31. The van der Waals surface area contributed by atoms with E-state index in [0.29, 0.717) is 34.2 Å². The molecule has 0 bridgehead atoms. The van der Waals surface area contributed by atoms with Gasteiger partial charge < -0.3 is 35.4 Å². The topological polar surface area (TPSA) is 174 Å². The molecule has 12 rings (SSSR count). The minimum absolute atomic E-state index is 0.122. The van der Waals surface area contributed by atoms with E-state index in [0.717, 1.165) is 108 Å². The lowest BCUT2D eigenvalue weighted by Gasteiger charge is -2.21. The molecule has 0 unspecified atom stereocenters. The first-order valence-corrected chi connectivity index (χ1v) is 27.9. The summed E-state index contributed by atoms with van der Waals surface area (Å²) in [6, 6.07) is 53.4.